The van der Waals surface area contributed by atoms with Crippen molar-refractivity contribution in [2.24, 2.45) is 0 Å². The molecule has 2 rings (SSSR count). The molecule has 0 radical (unpaired) electrons. The summed E-state index contributed by atoms with van der Waals surface area (Å²) < 4.78 is 1.13. The Bertz CT molecular complexity index is 610. The Hall–Kier alpha value is -0.830. The van der Waals surface area contributed by atoms with Gasteiger partial charge in [-0.1, -0.05) is 58.7 Å². The second-order valence-corrected chi connectivity index (χ2v) is 6.29. The molecule has 0 aliphatic rings. The molecule has 0 spiro atoms. The summed E-state index contributed by atoms with van der Waals surface area (Å²) >= 11 is 9.95. The predicted octanol–water partition coefficient (Wildman–Crippen LogP) is 5.42. The summed E-state index contributed by atoms with van der Waals surface area (Å²) in [6.07, 6.45) is 0. The Morgan fingerprint density at radius 2 is 1.90 bits per heavy atom. The number of halogens is 2. The zero-order valence-corrected chi connectivity index (χ0v) is 14.3. The molecule has 0 saturated carbocycles. The Morgan fingerprint density at radius 3 is 2.50 bits per heavy atom. The summed E-state index contributed by atoms with van der Waals surface area (Å²) in [6, 6.07) is 12.9. The molecule has 0 bridgehead atoms. The van der Waals surface area contributed by atoms with Gasteiger partial charge in [-0.3, -0.25) is 0 Å². The second kappa shape index (κ2) is 6.75. The van der Waals surface area contributed by atoms with E-state index < -0.39 is 0 Å². The quantitative estimate of drug-likeness (QED) is 0.775. The Balaban J connectivity index is 2.47. The summed E-state index contributed by atoms with van der Waals surface area (Å²) in [5, 5.41) is 4.35. The van der Waals surface area contributed by atoms with Crippen molar-refractivity contribution in [1.82, 2.24) is 5.32 Å². The Morgan fingerprint density at radius 1 is 1.15 bits per heavy atom. The van der Waals surface area contributed by atoms with Crippen LogP contribution in [-0.2, 0) is 0 Å². The van der Waals surface area contributed by atoms with E-state index in [1.807, 2.05) is 6.92 Å². The summed E-state index contributed by atoms with van der Waals surface area (Å²) in [5.74, 6) is 0. The summed E-state index contributed by atoms with van der Waals surface area (Å²) in [7, 11) is 0. The van der Waals surface area contributed by atoms with Crippen molar-refractivity contribution in [3.63, 3.8) is 0 Å². The van der Waals surface area contributed by atoms with Crippen LogP contribution in [0.15, 0.2) is 40.9 Å². The maximum atomic E-state index is 6.27. The first-order valence-corrected chi connectivity index (χ1v) is 7.95. The molecule has 0 aliphatic heterocycles. The first-order valence-electron chi connectivity index (χ1n) is 6.78. The van der Waals surface area contributed by atoms with E-state index in [2.05, 4.69) is 71.5 Å². The third-order valence-corrected chi connectivity index (χ3v) is 4.50. The predicted molar refractivity (Wildman–Crippen MR) is 90.6 cm³/mol. The molecule has 0 heterocycles. The lowest BCUT2D eigenvalue weighted by Crippen LogP contribution is -2.22. The highest BCUT2D eigenvalue weighted by Gasteiger charge is 2.16. The largest absolute Gasteiger partial charge is 0.306 e. The van der Waals surface area contributed by atoms with E-state index >= 15 is 0 Å². The van der Waals surface area contributed by atoms with Gasteiger partial charge < -0.3 is 5.32 Å². The average molecular weight is 353 g/mol. The number of hydrogen-bond acceptors (Lipinski definition) is 1. The van der Waals surface area contributed by atoms with Crippen LogP contribution < -0.4 is 5.32 Å². The topological polar surface area (TPSA) is 12.0 Å². The van der Waals surface area contributed by atoms with Gasteiger partial charge in [0.25, 0.3) is 0 Å². The Labute approximate surface area is 134 Å². The molecular weight excluding hydrogens is 334 g/mol. The molecule has 0 aromatic heterocycles. The molecular formula is C17H19BrClN. The molecule has 0 amide bonds. The number of hydrogen-bond donors (Lipinski definition) is 1. The number of aryl methyl sites for hydroxylation is 2. The second-order valence-electron chi connectivity index (χ2n) is 5.02. The average Bonchev–Trinajstić information content (AvgIpc) is 2.40. The fraction of sp³-hybridized carbons (Fsp3) is 0.294. The standard InChI is InChI=1S/C17H19BrClN/c1-4-20-17(13-7-6-12(3)16(19)10-13)14-8-5-11(2)9-15(14)18/h5-10,17,20H,4H2,1-3H3. The third-order valence-electron chi connectivity index (χ3n) is 3.40. The maximum absolute atomic E-state index is 6.27. The highest BCUT2D eigenvalue weighted by molar-refractivity contribution is 9.10. The lowest BCUT2D eigenvalue weighted by molar-refractivity contribution is 0.628. The molecule has 1 N–H and O–H groups in total. The summed E-state index contributed by atoms with van der Waals surface area (Å²) in [6.45, 7) is 7.14. The molecule has 1 nitrogen and oxygen atoms in total. The minimum Gasteiger partial charge on any atom is -0.306 e. The van der Waals surface area contributed by atoms with E-state index in [0.29, 0.717) is 0 Å². The number of nitrogens with one attached hydrogen (secondary N) is 1. The summed E-state index contributed by atoms with van der Waals surface area (Å²) in [5.41, 5.74) is 4.77. The van der Waals surface area contributed by atoms with Crippen molar-refractivity contribution >= 4 is 27.5 Å². The fourth-order valence-electron chi connectivity index (χ4n) is 2.27. The van der Waals surface area contributed by atoms with Gasteiger partial charge in [0.2, 0.25) is 0 Å². The van der Waals surface area contributed by atoms with Gasteiger partial charge in [0.15, 0.2) is 0 Å². The van der Waals surface area contributed by atoms with E-state index in [9.17, 15) is 0 Å². The minimum atomic E-state index is 0.146. The van der Waals surface area contributed by atoms with E-state index in [4.69, 9.17) is 11.6 Å². The fourth-order valence-corrected chi connectivity index (χ4v) is 3.18. The summed E-state index contributed by atoms with van der Waals surface area (Å²) in [4.78, 5) is 0. The third kappa shape index (κ3) is 3.43. The van der Waals surface area contributed by atoms with Crippen LogP contribution in [0, 0.1) is 13.8 Å². The molecule has 106 valence electrons. The molecule has 1 unspecified atom stereocenters. The van der Waals surface area contributed by atoms with Crippen LogP contribution in [0.25, 0.3) is 0 Å². The lowest BCUT2D eigenvalue weighted by atomic mass is 9.97. The van der Waals surface area contributed by atoms with Crippen LogP contribution in [0.2, 0.25) is 5.02 Å². The van der Waals surface area contributed by atoms with Crippen molar-refractivity contribution < 1.29 is 0 Å². The minimum absolute atomic E-state index is 0.146. The van der Waals surface area contributed by atoms with Crippen LogP contribution in [0.3, 0.4) is 0 Å². The zero-order valence-electron chi connectivity index (χ0n) is 12.0. The van der Waals surface area contributed by atoms with Crippen LogP contribution in [0.5, 0.6) is 0 Å². The van der Waals surface area contributed by atoms with Crippen molar-refractivity contribution in [2.75, 3.05) is 6.54 Å². The molecule has 0 saturated heterocycles. The number of benzene rings is 2. The molecule has 20 heavy (non-hydrogen) atoms. The van der Waals surface area contributed by atoms with E-state index in [-0.39, 0.29) is 6.04 Å². The van der Waals surface area contributed by atoms with Gasteiger partial charge in [-0.2, -0.15) is 0 Å². The monoisotopic (exact) mass is 351 g/mol. The van der Waals surface area contributed by atoms with Gasteiger partial charge in [0.05, 0.1) is 6.04 Å². The molecule has 2 aromatic rings. The van der Waals surface area contributed by atoms with Crippen molar-refractivity contribution in [1.29, 1.82) is 0 Å². The SMILES string of the molecule is CCNC(c1ccc(C)c(Cl)c1)c1ccc(C)cc1Br. The molecule has 1 atom stereocenters. The molecule has 2 aromatic carbocycles. The van der Waals surface area contributed by atoms with Crippen LogP contribution in [0.4, 0.5) is 0 Å². The maximum Gasteiger partial charge on any atom is 0.0588 e. The molecule has 0 aliphatic carbocycles. The highest BCUT2D eigenvalue weighted by Crippen LogP contribution is 2.31. The zero-order chi connectivity index (χ0) is 14.7. The molecule has 0 fully saturated rings. The van der Waals surface area contributed by atoms with Gasteiger partial charge >= 0.3 is 0 Å². The van der Waals surface area contributed by atoms with Crippen LogP contribution in [0.1, 0.15) is 35.2 Å². The first-order chi connectivity index (χ1) is 9.52. The number of rotatable bonds is 4. The smallest absolute Gasteiger partial charge is 0.0588 e. The van der Waals surface area contributed by atoms with Gasteiger partial charge in [0, 0.05) is 9.50 Å². The van der Waals surface area contributed by atoms with Gasteiger partial charge in [-0.15, -0.1) is 0 Å². The normalized spacial score (nSPS) is 12.4. The van der Waals surface area contributed by atoms with Crippen molar-refractivity contribution in [2.45, 2.75) is 26.8 Å². The van der Waals surface area contributed by atoms with E-state index in [1.165, 1.54) is 16.7 Å². The molecule has 3 heteroatoms. The van der Waals surface area contributed by atoms with Crippen LogP contribution in [-0.4, -0.2) is 6.54 Å². The van der Waals surface area contributed by atoms with E-state index in [0.717, 1.165) is 21.6 Å². The van der Waals surface area contributed by atoms with Crippen LogP contribution >= 0.6 is 27.5 Å². The van der Waals surface area contributed by atoms with Gasteiger partial charge in [-0.05, 0) is 54.8 Å². The van der Waals surface area contributed by atoms with Gasteiger partial charge in [-0.25, -0.2) is 0 Å². The van der Waals surface area contributed by atoms with E-state index in [1.54, 1.807) is 0 Å². The van der Waals surface area contributed by atoms with Crippen molar-refractivity contribution in [3.8, 4) is 0 Å². The lowest BCUT2D eigenvalue weighted by Gasteiger charge is -2.21. The first kappa shape index (κ1) is 15.6. The Kier molecular flexibility index (Phi) is 5.25. The highest BCUT2D eigenvalue weighted by atomic mass is 79.9. The van der Waals surface area contributed by atoms with Gasteiger partial charge in [0.1, 0.15) is 0 Å². The van der Waals surface area contributed by atoms with Crippen molar-refractivity contribution in [3.05, 3.63) is 68.1 Å².